The molecule has 0 unspecified atom stereocenters. The molecule has 1 N–H and O–H groups in total. The van der Waals surface area contributed by atoms with E-state index in [1.54, 1.807) is 13.2 Å². The van der Waals surface area contributed by atoms with Gasteiger partial charge in [0, 0.05) is 44.6 Å². The van der Waals surface area contributed by atoms with E-state index in [2.05, 4.69) is 0 Å². The summed E-state index contributed by atoms with van der Waals surface area (Å²) in [5.74, 6) is -0.481. The lowest BCUT2D eigenvalue weighted by Gasteiger charge is -2.24. The van der Waals surface area contributed by atoms with E-state index in [9.17, 15) is 14.7 Å². The van der Waals surface area contributed by atoms with Crippen LogP contribution in [0.15, 0.2) is 29.2 Å². The Bertz CT molecular complexity index is 986. The van der Waals surface area contributed by atoms with Crippen molar-refractivity contribution >= 4 is 23.3 Å². The number of ether oxygens (including phenoxy) is 2. The van der Waals surface area contributed by atoms with Crippen LogP contribution in [-0.2, 0) is 4.74 Å². The van der Waals surface area contributed by atoms with Gasteiger partial charge in [0.15, 0.2) is 5.43 Å². The normalized spacial score (nSPS) is 15.3. The fourth-order valence-electron chi connectivity index (χ4n) is 3.47. The van der Waals surface area contributed by atoms with E-state index < -0.39 is 11.4 Å². The zero-order valence-electron chi connectivity index (χ0n) is 16.9. The maximum Gasteiger partial charge on any atom is 0.341 e. The number of anilines is 1. The average molecular weight is 421 g/mol. The van der Waals surface area contributed by atoms with Crippen molar-refractivity contribution in [2.24, 2.45) is 5.92 Å². The Morgan fingerprint density at radius 3 is 2.76 bits per heavy atom. The lowest BCUT2D eigenvalue weighted by Crippen LogP contribution is -2.25. The van der Waals surface area contributed by atoms with Gasteiger partial charge in [0.25, 0.3) is 0 Å². The highest BCUT2D eigenvalue weighted by Crippen LogP contribution is 2.42. The lowest BCUT2D eigenvalue weighted by atomic mass is 10.0. The highest BCUT2D eigenvalue weighted by Gasteiger charge is 2.28. The standard InChI is InChI=1S/C21H25ClN2O5/c1-12(2)18-11-29-20-9-17(23(3)5-6-28-4)15(22)7-13(20)16-8-19(25)14(21(26)27)10-24(16)18/h7-10,12,18H,5-6,11H2,1-4H3,(H,26,27)/t18-/m0/s1. The third-order valence-electron chi connectivity index (χ3n) is 5.21. The summed E-state index contributed by atoms with van der Waals surface area (Å²) in [6, 6.07) is 4.85. The van der Waals surface area contributed by atoms with Crippen LogP contribution < -0.4 is 15.1 Å². The van der Waals surface area contributed by atoms with Crippen LogP contribution in [0.4, 0.5) is 5.69 Å². The van der Waals surface area contributed by atoms with Gasteiger partial charge in [0.2, 0.25) is 0 Å². The molecule has 0 saturated carbocycles. The number of aromatic carboxylic acids is 1. The SMILES string of the molecule is COCCN(C)c1cc2c(cc1Cl)-c1cc(=O)c(C(=O)O)cn1[C@H](C(C)C)CO2. The van der Waals surface area contributed by atoms with Gasteiger partial charge in [-0.1, -0.05) is 25.4 Å². The van der Waals surface area contributed by atoms with Gasteiger partial charge in [-0.05, 0) is 12.0 Å². The number of carboxylic acid groups (broad SMARTS) is 1. The Hall–Kier alpha value is -2.51. The van der Waals surface area contributed by atoms with Crippen LogP contribution in [0.25, 0.3) is 11.3 Å². The number of carboxylic acids is 1. The highest BCUT2D eigenvalue weighted by molar-refractivity contribution is 6.33. The Kier molecular flexibility index (Phi) is 6.19. The topological polar surface area (TPSA) is 81.0 Å². The number of nitrogens with zero attached hydrogens (tertiary/aromatic N) is 2. The molecule has 0 amide bonds. The van der Waals surface area contributed by atoms with Gasteiger partial charge in [-0.3, -0.25) is 4.79 Å². The molecule has 0 aliphatic carbocycles. The Balaban J connectivity index is 2.19. The molecule has 0 spiro atoms. The minimum Gasteiger partial charge on any atom is -0.491 e. The first-order valence-electron chi connectivity index (χ1n) is 9.40. The molecular formula is C21H25ClN2O5. The molecule has 7 nitrogen and oxygen atoms in total. The second kappa shape index (κ2) is 8.47. The van der Waals surface area contributed by atoms with Gasteiger partial charge >= 0.3 is 5.97 Å². The fraction of sp³-hybridized carbons (Fsp3) is 0.429. The first kappa shape index (κ1) is 21.2. The zero-order chi connectivity index (χ0) is 21.3. The van der Waals surface area contributed by atoms with Crippen molar-refractivity contribution in [2.75, 3.05) is 38.8 Å². The minimum absolute atomic E-state index is 0.135. The molecule has 1 aromatic heterocycles. The first-order valence-corrected chi connectivity index (χ1v) is 9.78. The van der Waals surface area contributed by atoms with Crippen LogP contribution in [0.2, 0.25) is 5.02 Å². The van der Waals surface area contributed by atoms with Crippen LogP contribution >= 0.6 is 11.6 Å². The van der Waals surface area contributed by atoms with Crippen molar-refractivity contribution in [3.63, 3.8) is 0 Å². The largest absolute Gasteiger partial charge is 0.491 e. The van der Waals surface area contributed by atoms with Gasteiger partial charge in [0.1, 0.15) is 17.9 Å². The lowest BCUT2D eigenvalue weighted by molar-refractivity contribution is 0.0694. The Morgan fingerprint density at radius 2 is 2.14 bits per heavy atom. The smallest absolute Gasteiger partial charge is 0.341 e. The number of hydrogen-bond acceptors (Lipinski definition) is 5. The second-order valence-corrected chi connectivity index (χ2v) is 7.89. The number of hydrogen-bond donors (Lipinski definition) is 1. The van der Waals surface area contributed by atoms with Crippen molar-refractivity contribution in [2.45, 2.75) is 19.9 Å². The van der Waals surface area contributed by atoms with Crippen LogP contribution in [-0.4, -0.2) is 49.6 Å². The number of methoxy groups -OCH3 is 1. The number of likely N-dealkylation sites (N-methyl/N-ethyl adjacent to an activating group) is 1. The summed E-state index contributed by atoms with van der Waals surface area (Å²) < 4.78 is 13.1. The maximum absolute atomic E-state index is 12.4. The van der Waals surface area contributed by atoms with Crippen molar-refractivity contribution < 1.29 is 19.4 Å². The summed E-state index contributed by atoms with van der Waals surface area (Å²) in [6.45, 7) is 5.62. The van der Waals surface area contributed by atoms with E-state index in [0.29, 0.717) is 41.8 Å². The van der Waals surface area contributed by atoms with E-state index in [0.717, 1.165) is 5.69 Å². The zero-order valence-corrected chi connectivity index (χ0v) is 17.7. The fourth-order valence-corrected chi connectivity index (χ4v) is 3.78. The molecule has 8 heteroatoms. The monoisotopic (exact) mass is 420 g/mol. The quantitative estimate of drug-likeness (QED) is 0.769. The number of pyridine rings is 1. The predicted octanol–water partition coefficient (Wildman–Crippen LogP) is 3.54. The van der Waals surface area contributed by atoms with E-state index in [1.807, 2.05) is 36.4 Å². The van der Waals surface area contributed by atoms with E-state index in [4.69, 9.17) is 21.1 Å². The van der Waals surface area contributed by atoms with Gasteiger partial charge in [-0.15, -0.1) is 0 Å². The van der Waals surface area contributed by atoms with Crippen molar-refractivity contribution in [1.82, 2.24) is 4.57 Å². The van der Waals surface area contributed by atoms with Gasteiger partial charge in [-0.2, -0.15) is 0 Å². The van der Waals surface area contributed by atoms with Crippen LogP contribution in [0.3, 0.4) is 0 Å². The van der Waals surface area contributed by atoms with E-state index in [1.165, 1.54) is 12.3 Å². The molecule has 1 aliphatic heterocycles. The number of carbonyl (C=O) groups is 1. The number of halogens is 1. The van der Waals surface area contributed by atoms with E-state index >= 15 is 0 Å². The molecule has 1 aromatic carbocycles. The summed E-state index contributed by atoms with van der Waals surface area (Å²) in [4.78, 5) is 25.9. The summed E-state index contributed by atoms with van der Waals surface area (Å²) in [5.41, 5.74) is 1.25. The molecule has 1 aliphatic rings. The molecule has 3 rings (SSSR count). The van der Waals surface area contributed by atoms with Crippen LogP contribution in [0.1, 0.15) is 30.2 Å². The van der Waals surface area contributed by atoms with Crippen molar-refractivity contribution in [1.29, 1.82) is 0 Å². The third-order valence-corrected chi connectivity index (χ3v) is 5.52. The first-order chi connectivity index (χ1) is 13.7. The molecule has 0 saturated heterocycles. The summed E-state index contributed by atoms with van der Waals surface area (Å²) in [7, 11) is 3.56. The van der Waals surface area contributed by atoms with Crippen LogP contribution in [0, 0.1) is 5.92 Å². The van der Waals surface area contributed by atoms with Crippen LogP contribution in [0.5, 0.6) is 5.75 Å². The van der Waals surface area contributed by atoms with Crippen molar-refractivity contribution in [3.05, 3.63) is 45.2 Å². The molecule has 29 heavy (non-hydrogen) atoms. The highest BCUT2D eigenvalue weighted by atomic mass is 35.5. The molecule has 0 radical (unpaired) electrons. The van der Waals surface area contributed by atoms with Gasteiger partial charge < -0.3 is 24.0 Å². The minimum atomic E-state index is -1.24. The number of aromatic nitrogens is 1. The molecule has 0 fully saturated rings. The summed E-state index contributed by atoms with van der Waals surface area (Å²) in [5, 5.41) is 9.90. The molecule has 2 aromatic rings. The maximum atomic E-state index is 12.4. The predicted molar refractivity (Wildman–Crippen MR) is 113 cm³/mol. The number of rotatable bonds is 6. The van der Waals surface area contributed by atoms with Gasteiger partial charge in [-0.25, -0.2) is 4.79 Å². The van der Waals surface area contributed by atoms with Crippen molar-refractivity contribution in [3.8, 4) is 17.0 Å². The number of fused-ring (bicyclic) bond motifs is 3. The third kappa shape index (κ3) is 4.11. The van der Waals surface area contributed by atoms with E-state index in [-0.39, 0.29) is 17.5 Å². The summed E-state index contributed by atoms with van der Waals surface area (Å²) >= 11 is 6.56. The molecule has 1 atom stereocenters. The summed E-state index contributed by atoms with van der Waals surface area (Å²) in [6.07, 6.45) is 1.41. The molecule has 156 valence electrons. The average Bonchev–Trinajstić information content (AvgIpc) is 2.81. The Labute approximate surface area is 174 Å². The molecule has 2 heterocycles. The molecule has 0 bridgehead atoms. The molecular weight excluding hydrogens is 396 g/mol. The number of benzene rings is 1. The van der Waals surface area contributed by atoms with Gasteiger partial charge in [0.05, 0.1) is 29.1 Å². The second-order valence-electron chi connectivity index (χ2n) is 7.49. The Morgan fingerprint density at radius 1 is 1.41 bits per heavy atom.